The molecule has 0 atom stereocenters. The average Bonchev–Trinajstić information content (AvgIpc) is 2.63. The lowest BCUT2D eigenvalue weighted by molar-refractivity contribution is 0.509. The van der Waals surface area contributed by atoms with Gasteiger partial charge in [0, 0.05) is 12.3 Å². The molecule has 1 fully saturated rings. The molecule has 124 valence electrons. The fourth-order valence-electron chi connectivity index (χ4n) is 2.66. The van der Waals surface area contributed by atoms with Crippen LogP contribution in [0.3, 0.4) is 0 Å². The fourth-order valence-corrected chi connectivity index (χ4v) is 3.65. The first-order valence-electron chi connectivity index (χ1n) is 8.48. The Bertz CT molecular complexity index is 685. The second kappa shape index (κ2) is 8.76. The van der Waals surface area contributed by atoms with Crippen LogP contribution in [-0.4, -0.2) is 16.7 Å². The normalized spacial score (nSPS) is 15.5. The number of rotatable bonds is 6. The number of hydrogen-bond acceptors (Lipinski definition) is 3. The summed E-state index contributed by atoms with van der Waals surface area (Å²) in [5.41, 5.74) is 8.36. The molecule has 0 aromatic heterocycles. The second-order valence-electron chi connectivity index (χ2n) is 5.95. The highest BCUT2D eigenvalue weighted by molar-refractivity contribution is 7.97. The minimum absolute atomic E-state index is 0.923. The van der Waals surface area contributed by atoms with Gasteiger partial charge in [0.2, 0.25) is 0 Å². The lowest BCUT2D eigenvalue weighted by atomic mass is 10.1. The summed E-state index contributed by atoms with van der Waals surface area (Å²) in [5.74, 6) is 1.20. The van der Waals surface area contributed by atoms with Crippen LogP contribution >= 0.6 is 11.9 Å². The van der Waals surface area contributed by atoms with Gasteiger partial charge in [-0.2, -0.15) is 4.41 Å². The molecule has 0 unspecified atom stereocenters. The van der Waals surface area contributed by atoms with Crippen molar-refractivity contribution in [2.45, 2.75) is 19.3 Å². The van der Waals surface area contributed by atoms with Gasteiger partial charge in [-0.15, -0.1) is 6.58 Å². The van der Waals surface area contributed by atoms with Gasteiger partial charge in [-0.3, -0.25) is 0 Å². The molecule has 0 saturated carbocycles. The monoisotopic (exact) mass is 336 g/mol. The van der Waals surface area contributed by atoms with Gasteiger partial charge in [0.25, 0.3) is 0 Å². The molecule has 1 aliphatic rings. The van der Waals surface area contributed by atoms with Crippen molar-refractivity contribution in [2.75, 3.05) is 17.7 Å². The van der Waals surface area contributed by atoms with Crippen LogP contribution in [0.1, 0.15) is 29.5 Å². The lowest BCUT2D eigenvalue weighted by Gasteiger charge is -2.26. The number of benzene rings is 2. The molecule has 1 heterocycles. The van der Waals surface area contributed by atoms with Gasteiger partial charge in [0.05, 0.1) is 5.69 Å². The van der Waals surface area contributed by atoms with Gasteiger partial charge in [0.15, 0.2) is 0 Å². The molecule has 3 rings (SSSR count). The Morgan fingerprint density at radius 2 is 1.88 bits per heavy atom. The van der Waals surface area contributed by atoms with Crippen LogP contribution in [0.25, 0.3) is 12.2 Å². The second-order valence-corrected chi connectivity index (χ2v) is 7.05. The summed E-state index contributed by atoms with van der Waals surface area (Å²) in [5, 5.41) is 0. The van der Waals surface area contributed by atoms with Gasteiger partial charge in [0.1, 0.15) is 0 Å². The molecular formula is C21H24N2S. The standard InChI is InChI=1S/C21H24N2S/c1-2-6-18-9-11-19(12-10-18)13-14-20-7-5-8-21(17-20)22-23-15-3-4-16-24-23/h2,5,7-14,17,22H,1,3-4,6,15-16H2. The molecule has 2 aromatic rings. The average molecular weight is 337 g/mol. The van der Waals surface area contributed by atoms with E-state index in [1.54, 1.807) is 0 Å². The summed E-state index contributed by atoms with van der Waals surface area (Å²) >= 11 is 1.88. The summed E-state index contributed by atoms with van der Waals surface area (Å²) in [6.07, 6.45) is 9.76. The highest BCUT2D eigenvalue weighted by Gasteiger charge is 2.10. The van der Waals surface area contributed by atoms with Crippen LogP contribution in [0.2, 0.25) is 0 Å². The van der Waals surface area contributed by atoms with E-state index in [-0.39, 0.29) is 0 Å². The first-order chi connectivity index (χ1) is 11.8. The number of allylic oxidation sites excluding steroid dienone is 1. The SMILES string of the molecule is C=CCc1ccc(C=Cc2cccc(NN3CCCCS3)c2)cc1. The number of nitrogens with one attached hydrogen (secondary N) is 1. The van der Waals surface area contributed by atoms with E-state index in [9.17, 15) is 0 Å². The van der Waals surface area contributed by atoms with Crippen LogP contribution in [0.4, 0.5) is 5.69 Å². The Hall–Kier alpha value is -1.97. The van der Waals surface area contributed by atoms with E-state index in [1.165, 1.54) is 35.3 Å². The van der Waals surface area contributed by atoms with Crippen molar-refractivity contribution in [3.05, 3.63) is 77.9 Å². The first kappa shape index (κ1) is 16.9. The maximum atomic E-state index is 3.78. The topological polar surface area (TPSA) is 15.3 Å². The molecule has 0 radical (unpaired) electrons. The maximum Gasteiger partial charge on any atom is 0.0505 e. The fraction of sp³-hybridized carbons (Fsp3) is 0.238. The third-order valence-corrected chi connectivity index (χ3v) is 5.03. The van der Waals surface area contributed by atoms with Crippen molar-refractivity contribution in [3.63, 3.8) is 0 Å². The lowest BCUT2D eigenvalue weighted by Crippen LogP contribution is -2.27. The number of hydrogen-bond donors (Lipinski definition) is 1. The Morgan fingerprint density at radius 1 is 1.04 bits per heavy atom. The summed E-state index contributed by atoms with van der Waals surface area (Å²) in [6, 6.07) is 17.2. The van der Waals surface area contributed by atoms with E-state index in [4.69, 9.17) is 0 Å². The van der Waals surface area contributed by atoms with Gasteiger partial charge in [-0.05, 0) is 48.1 Å². The van der Waals surface area contributed by atoms with Crippen molar-refractivity contribution >= 4 is 29.8 Å². The van der Waals surface area contributed by atoms with Crippen LogP contribution in [0.15, 0.2) is 61.2 Å². The van der Waals surface area contributed by atoms with E-state index >= 15 is 0 Å². The number of anilines is 1. The molecule has 0 bridgehead atoms. The van der Waals surface area contributed by atoms with Crippen LogP contribution in [0, 0.1) is 0 Å². The molecule has 1 aliphatic heterocycles. The van der Waals surface area contributed by atoms with E-state index in [1.807, 2.05) is 18.0 Å². The predicted molar refractivity (Wildman–Crippen MR) is 108 cm³/mol. The molecule has 0 spiro atoms. The first-order valence-corrected chi connectivity index (χ1v) is 9.43. The van der Waals surface area contributed by atoms with E-state index < -0.39 is 0 Å². The van der Waals surface area contributed by atoms with Gasteiger partial charge in [-0.1, -0.05) is 66.6 Å². The van der Waals surface area contributed by atoms with Gasteiger partial charge >= 0.3 is 0 Å². The Labute approximate surface area is 149 Å². The Balaban J connectivity index is 1.63. The molecule has 1 N–H and O–H groups in total. The molecule has 0 amide bonds. The van der Waals surface area contributed by atoms with E-state index in [0.29, 0.717) is 0 Å². The summed E-state index contributed by atoms with van der Waals surface area (Å²) < 4.78 is 2.24. The zero-order valence-corrected chi connectivity index (χ0v) is 14.8. The molecule has 2 nitrogen and oxygen atoms in total. The zero-order valence-electron chi connectivity index (χ0n) is 13.9. The van der Waals surface area contributed by atoms with Crippen molar-refractivity contribution in [3.8, 4) is 0 Å². The number of hydrazine groups is 1. The molecular weight excluding hydrogens is 312 g/mol. The minimum Gasteiger partial charge on any atom is -0.309 e. The Morgan fingerprint density at radius 3 is 2.62 bits per heavy atom. The van der Waals surface area contributed by atoms with Crippen LogP contribution in [-0.2, 0) is 6.42 Å². The van der Waals surface area contributed by atoms with Crippen LogP contribution < -0.4 is 5.43 Å². The highest BCUT2D eigenvalue weighted by Crippen LogP contribution is 2.22. The summed E-state index contributed by atoms with van der Waals surface area (Å²) in [7, 11) is 0. The molecule has 2 aromatic carbocycles. The molecule has 3 heteroatoms. The number of nitrogens with zero attached hydrogens (tertiary/aromatic N) is 1. The maximum absolute atomic E-state index is 3.78. The Kier molecular flexibility index (Phi) is 6.16. The minimum atomic E-state index is 0.923. The quantitative estimate of drug-likeness (QED) is 0.416. The molecule has 0 aliphatic carbocycles. The van der Waals surface area contributed by atoms with Crippen molar-refractivity contribution in [1.82, 2.24) is 4.41 Å². The van der Waals surface area contributed by atoms with Crippen LogP contribution in [0.5, 0.6) is 0 Å². The molecule has 24 heavy (non-hydrogen) atoms. The van der Waals surface area contributed by atoms with Gasteiger partial charge in [-0.25, -0.2) is 0 Å². The highest BCUT2D eigenvalue weighted by atomic mass is 32.2. The smallest absolute Gasteiger partial charge is 0.0505 e. The third kappa shape index (κ3) is 5.02. The summed E-state index contributed by atoms with van der Waals surface area (Å²) in [4.78, 5) is 0. The van der Waals surface area contributed by atoms with E-state index in [0.717, 1.165) is 18.7 Å². The summed E-state index contributed by atoms with van der Waals surface area (Å²) in [6.45, 7) is 4.88. The van der Waals surface area contributed by atoms with Crippen molar-refractivity contribution in [2.24, 2.45) is 0 Å². The van der Waals surface area contributed by atoms with Crippen molar-refractivity contribution < 1.29 is 0 Å². The predicted octanol–water partition coefficient (Wildman–Crippen LogP) is 5.66. The molecule has 1 saturated heterocycles. The largest absolute Gasteiger partial charge is 0.309 e. The third-order valence-electron chi connectivity index (χ3n) is 3.97. The zero-order chi connectivity index (χ0) is 16.6. The van der Waals surface area contributed by atoms with E-state index in [2.05, 4.69) is 77.1 Å². The van der Waals surface area contributed by atoms with Gasteiger partial charge < -0.3 is 5.43 Å². The van der Waals surface area contributed by atoms with Crippen molar-refractivity contribution in [1.29, 1.82) is 0 Å².